The molecule has 1 atom stereocenters. The lowest BCUT2D eigenvalue weighted by Gasteiger charge is -2.27. The number of halogens is 1. The van der Waals surface area contributed by atoms with Gasteiger partial charge >= 0.3 is 0 Å². The van der Waals surface area contributed by atoms with E-state index >= 15 is 0 Å². The van der Waals surface area contributed by atoms with Gasteiger partial charge in [0.25, 0.3) is 0 Å². The molecule has 0 saturated heterocycles. The van der Waals surface area contributed by atoms with Crippen LogP contribution in [0.4, 0.5) is 5.69 Å². The molecule has 1 aliphatic heterocycles. The number of hydrogen-bond donors (Lipinski definition) is 1. The van der Waals surface area contributed by atoms with Gasteiger partial charge in [0.2, 0.25) is 0 Å². The van der Waals surface area contributed by atoms with Crippen molar-refractivity contribution < 1.29 is 9.47 Å². The van der Waals surface area contributed by atoms with E-state index in [-0.39, 0.29) is 6.04 Å². The molecule has 1 N–H and O–H groups in total. The van der Waals surface area contributed by atoms with Gasteiger partial charge in [-0.05, 0) is 29.3 Å². The Morgan fingerprint density at radius 3 is 2.90 bits per heavy atom. The highest BCUT2D eigenvalue weighted by Crippen LogP contribution is 2.31. The Hall–Kier alpha value is -1.71. The second-order valence-corrected chi connectivity index (χ2v) is 5.17. The number of rotatable bonds is 3. The Kier molecular flexibility index (Phi) is 3.81. The molecular formula is C16H16ClNO2. The molecule has 2 aromatic carbocycles. The average molecular weight is 290 g/mol. The number of ether oxygens (including phenoxy) is 2. The van der Waals surface area contributed by atoms with Crippen LogP contribution in [0.1, 0.15) is 17.2 Å². The molecule has 0 saturated carbocycles. The van der Waals surface area contributed by atoms with Gasteiger partial charge in [0, 0.05) is 5.69 Å². The number of methoxy groups -OCH3 is 1. The van der Waals surface area contributed by atoms with E-state index in [9.17, 15) is 0 Å². The molecule has 4 heteroatoms. The summed E-state index contributed by atoms with van der Waals surface area (Å²) in [6.07, 6.45) is 0. The normalized spacial score (nSPS) is 17.4. The minimum Gasteiger partial charge on any atom is -0.495 e. The lowest BCUT2D eigenvalue weighted by atomic mass is 9.99. The summed E-state index contributed by atoms with van der Waals surface area (Å²) in [7, 11) is 1.61. The summed E-state index contributed by atoms with van der Waals surface area (Å²) in [5, 5.41) is 4.06. The van der Waals surface area contributed by atoms with Crippen LogP contribution in [-0.2, 0) is 11.3 Å². The highest BCUT2D eigenvalue weighted by molar-refractivity contribution is 6.32. The predicted molar refractivity (Wildman–Crippen MR) is 80.5 cm³/mol. The molecule has 0 amide bonds. The average Bonchev–Trinajstić information content (AvgIpc) is 2.48. The van der Waals surface area contributed by atoms with Crippen molar-refractivity contribution in [3.05, 3.63) is 58.6 Å². The fourth-order valence-electron chi connectivity index (χ4n) is 2.46. The van der Waals surface area contributed by atoms with E-state index in [1.807, 2.05) is 24.3 Å². The molecule has 20 heavy (non-hydrogen) atoms. The molecule has 3 rings (SSSR count). The second kappa shape index (κ2) is 5.73. The molecule has 1 unspecified atom stereocenters. The Morgan fingerprint density at radius 2 is 2.10 bits per heavy atom. The van der Waals surface area contributed by atoms with Crippen molar-refractivity contribution in [2.24, 2.45) is 0 Å². The minimum absolute atomic E-state index is 0.143. The molecule has 0 aromatic heterocycles. The summed E-state index contributed by atoms with van der Waals surface area (Å²) >= 11 is 6.15. The number of anilines is 1. The third kappa shape index (κ3) is 2.60. The van der Waals surface area contributed by atoms with Gasteiger partial charge in [0.15, 0.2) is 0 Å². The van der Waals surface area contributed by atoms with Crippen molar-refractivity contribution in [1.29, 1.82) is 0 Å². The summed E-state index contributed by atoms with van der Waals surface area (Å²) in [5.74, 6) is 0.678. The van der Waals surface area contributed by atoms with Crippen molar-refractivity contribution in [3.63, 3.8) is 0 Å². The quantitative estimate of drug-likeness (QED) is 0.925. The van der Waals surface area contributed by atoms with E-state index in [0.29, 0.717) is 24.0 Å². The smallest absolute Gasteiger partial charge is 0.137 e. The fraction of sp³-hybridized carbons (Fsp3) is 0.250. The molecule has 0 spiro atoms. The number of nitrogens with one attached hydrogen (secondary N) is 1. The van der Waals surface area contributed by atoms with E-state index in [1.54, 1.807) is 7.11 Å². The monoisotopic (exact) mass is 289 g/mol. The van der Waals surface area contributed by atoms with Gasteiger partial charge in [-0.3, -0.25) is 0 Å². The first-order valence-electron chi connectivity index (χ1n) is 6.53. The summed E-state index contributed by atoms with van der Waals surface area (Å²) in [5.41, 5.74) is 3.47. The lowest BCUT2D eigenvalue weighted by Crippen LogP contribution is -2.23. The van der Waals surface area contributed by atoms with E-state index in [2.05, 4.69) is 23.5 Å². The first-order chi connectivity index (χ1) is 9.78. The number of hydrogen-bond acceptors (Lipinski definition) is 3. The van der Waals surface area contributed by atoms with Crippen LogP contribution in [0.15, 0.2) is 42.5 Å². The maximum atomic E-state index is 6.15. The molecule has 3 nitrogen and oxygen atoms in total. The molecule has 104 valence electrons. The van der Waals surface area contributed by atoms with E-state index < -0.39 is 0 Å². The molecule has 0 fully saturated rings. The zero-order valence-corrected chi connectivity index (χ0v) is 12.0. The van der Waals surface area contributed by atoms with Crippen molar-refractivity contribution in [2.45, 2.75) is 12.6 Å². The fourth-order valence-corrected chi connectivity index (χ4v) is 2.72. The molecular weight excluding hydrogens is 274 g/mol. The van der Waals surface area contributed by atoms with Crippen LogP contribution in [0.5, 0.6) is 5.75 Å². The maximum absolute atomic E-state index is 6.15. The second-order valence-electron chi connectivity index (χ2n) is 4.76. The van der Waals surface area contributed by atoms with Gasteiger partial charge < -0.3 is 14.8 Å². The Labute approximate surface area is 123 Å². The largest absolute Gasteiger partial charge is 0.495 e. The van der Waals surface area contributed by atoms with Crippen LogP contribution in [0.3, 0.4) is 0 Å². The van der Waals surface area contributed by atoms with Crippen LogP contribution in [0, 0.1) is 0 Å². The third-order valence-electron chi connectivity index (χ3n) is 3.47. The lowest BCUT2D eigenvalue weighted by molar-refractivity contribution is 0.0970. The van der Waals surface area contributed by atoms with E-state index in [0.717, 1.165) is 5.69 Å². The van der Waals surface area contributed by atoms with Crippen LogP contribution < -0.4 is 10.1 Å². The van der Waals surface area contributed by atoms with Crippen molar-refractivity contribution >= 4 is 17.3 Å². The van der Waals surface area contributed by atoms with Gasteiger partial charge in [0.05, 0.1) is 31.4 Å². The third-order valence-corrected chi connectivity index (χ3v) is 3.76. The van der Waals surface area contributed by atoms with Gasteiger partial charge in [-0.2, -0.15) is 0 Å². The van der Waals surface area contributed by atoms with Gasteiger partial charge in [-0.1, -0.05) is 35.9 Å². The molecule has 0 bridgehead atoms. The van der Waals surface area contributed by atoms with Crippen molar-refractivity contribution in [1.82, 2.24) is 0 Å². The highest BCUT2D eigenvalue weighted by atomic mass is 35.5. The summed E-state index contributed by atoms with van der Waals surface area (Å²) in [6, 6.07) is 14.2. The van der Waals surface area contributed by atoms with Gasteiger partial charge in [0.1, 0.15) is 5.75 Å². The van der Waals surface area contributed by atoms with Crippen molar-refractivity contribution in [2.75, 3.05) is 19.0 Å². The van der Waals surface area contributed by atoms with Crippen molar-refractivity contribution in [3.8, 4) is 5.75 Å². The maximum Gasteiger partial charge on any atom is 0.137 e. The standard InChI is InChI=1S/C16H16ClNO2/c1-19-16-7-6-12(8-14(16)17)18-15-10-20-9-11-4-2-3-5-13(11)15/h2-8,15,18H,9-10H2,1H3. The molecule has 1 heterocycles. The first kappa shape index (κ1) is 13.3. The van der Waals surface area contributed by atoms with Gasteiger partial charge in [-0.15, -0.1) is 0 Å². The van der Waals surface area contributed by atoms with Gasteiger partial charge in [-0.25, -0.2) is 0 Å². The molecule has 1 aliphatic rings. The molecule has 2 aromatic rings. The SMILES string of the molecule is COc1ccc(NC2COCc3ccccc32)cc1Cl. The predicted octanol–water partition coefficient (Wildman–Crippen LogP) is 4.03. The van der Waals surface area contributed by atoms with E-state index in [1.165, 1.54) is 11.1 Å². The minimum atomic E-state index is 0.143. The summed E-state index contributed by atoms with van der Waals surface area (Å²) in [6.45, 7) is 1.33. The van der Waals surface area contributed by atoms with E-state index in [4.69, 9.17) is 21.1 Å². The van der Waals surface area contributed by atoms with Crippen LogP contribution >= 0.6 is 11.6 Å². The Morgan fingerprint density at radius 1 is 1.25 bits per heavy atom. The Balaban J connectivity index is 1.84. The Bertz CT molecular complexity index is 615. The molecule has 0 aliphatic carbocycles. The van der Waals surface area contributed by atoms with Crippen LogP contribution in [0.2, 0.25) is 5.02 Å². The topological polar surface area (TPSA) is 30.5 Å². The van der Waals surface area contributed by atoms with Crippen LogP contribution in [-0.4, -0.2) is 13.7 Å². The highest BCUT2D eigenvalue weighted by Gasteiger charge is 2.20. The zero-order valence-electron chi connectivity index (χ0n) is 11.2. The number of benzene rings is 2. The summed E-state index contributed by atoms with van der Waals surface area (Å²) < 4.78 is 10.8. The number of fused-ring (bicyclic) bond motifs is 1. The zero-order chi connectivity index (χ0) is 13.9. The first-order valence-corrected chi connectivity index (χ1v) is 6.91. The summed E-state index contributed by atoms with van der Waals surface area (Å²) in [4.78, 5) is 0. The van der Waals surface area contributed by atoms with Crippen LogP contribution in [0.25, 0.3) is 0 Å². The molecule has 0 radical (unpaired) electrons.